The first-order valence-corrected chi connectivity index (χ1v) is 7.01. The average molecular weight is 287 g/mol. The first-order valence-electron chi connectivity index (χ1n) is 7.01. The van der Waals surface area contributed by atoms with Crippen LogP contribution in [0.4, 0.5) is 11.5 Å². The van der Waals surface area contributed by atoms with Gasteiger partial charge < -0.3 is 16.4 Å². The van der Waals surface area contributed by atoms with Crippen LogP contribution in [0, 0.1) is 0 Å². The molecule has 1 atom stereocenters. The van der Waals surface area contributed by atoms with Crippen LogP contribution in [-0.2, 0) is 0 Å². The minimum atomic E-state index is -0.487. The lowest BCUT2D eigenvalue weighted by Crippen LogP contribution is -2.22. The summed E-state index contributed by atoms with van der Waals surface area (Å²) in [5.74, 6) is 0.00208. The van der Waals surface area contributed by atoms with Crippen molar-refractivity contribution >= 4 is 17.4 Å². The molecule has 0 saturated heterocycles. The van der Waals surface area contributed by atoms with Crippen LogP contribution in [0.3, 0.4) is 0 Å². The normalized spacial score (nSPS) is 12.1. The summed E-state index contributed by atoms with van der Waals surface area (Å²) in [5.41, 5.74) is 6.71. The van der Waals surface area contributed by atoms with Crippen molar-refractivity contribution in [2.45, 2.75) is 19.4 Å². The number of nitrogens with zero attached hydrogens (tertiary/aromatic N) is 2. The highest BCUT2D eigenvalue weighted by Crippen LogP contribution is 2.21. The van der Waals surface area contributed by atoms with Crippen molar-refractivity contribution in [3.05, 3.63) is 42.1 Å². The lowest BCUT2D eigenvalue weighted by Gasteiger charge is -2.14. The number of anilines is 2. The number of para-hydroxylation sites is 1. The first kappa shape index (κ1) is 15.1. The second-order valence-electron chi connectivity index (χ2n) is 4.85. The van der Waals surface area contributed by atoms with Crippen LogP contribution < -0.4 is 16.4 Å². The van der Waals surface area contributed by atoms with Gasteiger partial charge in [-0.2, -0.15) is 5.10 Å². The Kier molecular flexibility index (Phi) is 4.94. The van der Waals surface area contributed by atoms with E-state index >= 15 is 0 Å². The van der Waals surface area contributed by atoms with Crippen LogP contribution in [0.2, 0.25) is 0 Å². The first-order chi connectivity index (χ1) is 10.2. The molecule has 21 heavy (non-hydrogen) atoms. The Morgan fingerprint density at radius 2 is 2.10 bits per heavy atom. The molecule has 1 amide bonds. The summed E-state index contributed by atoms with van der Waals surface area (Å²) in [7, 11) is 1.89. The Hall–Kier alpha value is -2.34. The minimum Gasteiger partial charge on any atom is -0.365 e. The highest BCUT2D eigenvalue weighted by molar-refractivity contribution is 5.98. The second kappa shape index (κ2) is 6.90. The van der Waals surface area contributed by atoms with E-state index in [4.69, 9.17) is 5.73 Å². The van der Waals surface area contributed by atoms with Gasteiger partial charge in [-0.15, -0.1) is 0 Å². The van der Waals surface area contributed by atoms with Crippen molar-refractivity contribution in [3.63, 3.8) is 0 Å². The fourth-order valence-electron chi connectivity index (χ4n) is 2.17. The summed E-state index contributed by atoms with van der Waals surface area (Å²) in [4.78, 5) is 11.6. The molecule has 6 heteroatoms. The van der Waals surface area contributed by atoms with Crippen LogP contribution in [0.25, 0.3) is 0 Å². The molecule has 2 rings (SSSR count). The van der Waals surface area contributed by atoms with Gasteiger partial charge in [0.2, 0.25) is 0 Å². The molecule has 0 saturated carbocycles. The van der Waals surface area contributed by atoms with Crippen LogP contribution in [0.5, 0.6) is 0 Å². The van der Waals surface area contributed by atoms with E-state index < -0.39 is 5.91 Å². The van der Waals surface area contributed by atoms with Crippen molar-refractivity contribution in [2.75, 3.05) is 18.9 Å². The van der Waals surface area contributed by atoms with Crippen LogP contribution >= 0.6 is 0 Å². The third-order valence-corrected chi connectivity index (χ3v) is 3.32. The number of benzene rings is 1. The summed E-state index contributed by atoms with van der Waals surface area (Å²) in [6, 6.07) is 9.76. The number of amides is 1. The van der Waals surface area contributed by atoms with Crippen LogP contribution in [-0.4, -0.2) is 29.3 Å². The van der Waals surface area contributed by atoms with E-state index in [1.807, 2.05) is 37.4 Å². The monoisotopic (exact) mass is 287 g/mol. The lowest BCUT2D eigenvalue weighted by molar-refractivity contribution is 0.100. The maximum absolute atomic E-state index is 11.6. The number of carbonyl (C=O) groups is 1. The number of hydrogen-bond donors (Lipinski definition) is 3. The largest absolute Gasteiger partial charge is 0.365 e. The van der Waals surface area contributed by atoms with E-state index in [9.17, 15) is 4.79 Å². The molecule has 0 bridgehead atoms. The predicted molar refractivity (Wildman–Crippen MR) is 83.7 cm³/mol. The summed E-state index contributed by atoms with van der Waals surface area (Å²) < 4.78 is 1.79. The Morgan fingerprint density at radius 1 is 1.38 bits per heavy atom. The zero-order valence-electron chi connectivity index (χ0n) is 12.3. The van der Waals surface area contributed by atoms with Crippen molar-refractivity contribution in [3.8, 4) is 0 Å². The molecule has 0 radical (unpaired) electrons. The predicted octanol–water partition coefficient (Wildman–Crippen LogP) is 1.90. The summed E-state index contributed by atoms with van der Waals surface area (Å²) >= 11 is 0. The third kappa shape index (κ3) is 3.61. The highest BCUT2D eigenvalue weighted by atomic mass is 16.1. The van der Waals surface area contributed by atoms with Gasteiger partial charge in [0.15, 0.2) is 5.82 Å². The molecule has 0 fully saturated rings. The fourth-order valence-corrected chi connectivity index (χ4v) is 2.17. The van der Waals surface area contributed by atoms with Gasteiger partial charge in [0.1, 0.15) is 5.56 Å². The summed E-state index contributed by atoms with van der Waals surface area (Å²) in [6.45, 7) is 2.86. The fraction of sp³-hybridized carbons (Fsp3) is 0.333. The average Bonchev–Trinajstić information content (AvgIpc) is 2.89. The molecule has 4 N–H and O–H groups in total. The van der Waals surface area contributed by atoms with Crippen LogP contribution in [0.15, 0.2) is 36.5 Å². The van der Waals surface area contributed by atoms with E-state index in [-0.39, 0.29) is 6.04 Å². The quantitative estimate of drug-likeness (QED) is 0.726. The molecule has 0 aliphatic heterocycles. The Morgan fingerprint density at radius 3 is 2.67 bits per heavy atom. The number of rotatable bonds is 7. The molecule has 1 aromatic carbocycles. The number of likely N-dealkylation sites (N-methyl/N-ethyl adjacent to an activating group) is 1. The third-order valence-electron chi connectivity index (χ3n) is 3.32. The standard InChI is InChI=1S/C15H21N5O/c1-3-12(9-17-2)20-10-13(14(16)21)15(19-20)18-11-7-5-4-6-8-11/h4-8,10,12,17H,3,9H2,1-2H3,(H2,16,21)(H,18,19). The van der Waals surface area contributed by atoms with Gasteiger partial charge >= 0.3 is 0 Å². The Labute approximate surface area is 124 Å². The number of nitrogens with one attached hydrogen (secondary N) is 2. The molecule has 1 heterocycles. The van der Waals surface area contributed by atoms with E-state index in [0.717, 1.165) is 18.7 Å². The number of carbonyl (C=O) groups excluding carboxylic acids is 1. The number of aromatic nitrogens is 2. The topological polar surface area (TPSA) is 85.0 Å². The van der Waals surface area contributed by atoms with Gasteiger partial charge in [0.05, 0.1) is 6.04 Å². The van der Waals surface area contributed by atoms with Gasteiger partial charge in [-0.3, -0.25) is 9.48 Å². The van der Waals surface area contributed by atoms with Crippen molar-refractivity contribution in [2.24, 2.45) is 5.73 Å². The maximum Gasteiger partial charge on any atom is 0.254 e. The van der Waals surface area contributed by atoms with E-state index in [1.165, 1.54) is 0 Å². The molecule has 0 aliphatic carbocycles. The number of hydrogen-bond acceptors (Lipinski definition) is 4. The summed E-state index contributed by atoms with van der Waals surface area (Å²) in [6.07, 6.45) is 2.62. The lowest BCUT2D eigenvalue weighted by atomic mass is 10.2. The Balaban J connectivity index is 2.31. The van der Waals surface area contributed by atoms with Gasteiger partial charge in [-0.25, -0.2) is 0 Å². The Bertz CT molecular complexity index is 593. The van der Waals surface area contributed by atoms with Crippen LogP contribution in [0.1, 0.15) is 29.7 Å². The zero-order valence-corrected chi connectivity index (χ0v) is 12.3. The minimum absolute atomic E-state index is 0.180. The molecular formula is C15H21N5O. The number of nitrogens with two attached hydrogens (primary N) is 1. The van der Waals surface area contributed by atoms with Gasteiger partial charge in [-0.1, -0.05) is 25.1 Å². The molecule has 112 valence electrons. The smallest absolute Gasteiger partial charge is 0.254 e. The van der Waals surface area contributed by atoms with Gasteiger partial charge in [0.25, 0.3) is 5.91 Å². The van der Waals surface area contributed by atoms with Gasteiger partial charge in [0, 0.05) is 18.4 Å². The van der Waals surface area contributed by atoms with Crippen molar-refractivity contribution in [1.29, 1.82) is 0 Å². The molecule has 1 aromatic heterocycles. The molecule has 0 spiro atoms. The van der Waals surface area contributed by atoms with E-state index in [1.54, 1.807) is 10.9 Å². The van der Waals surface area contributed by atoms with Crippen molar-refractivity contribution < 1.29 is 4.79 Å². The molecule has 0 aliphatic rings. The molecule has 6 nitrogen and oxygen atoms in total. The second-order valence-corrected chi connectivity index (χ2v) is 4.85. The highest BCUT2D eigenvalue weighted by Gasteiger charge is 2.17. The van der Waals surface area contributed by atoms with Crippen molar-refractivity contribution in [1.82, 2.24) is 15.1 Å². The molecule has 1 unspecified atom stereocenters. The van der Waals surface area contributed by atoms with Gasteiger partial charge in [-0.05, 0) is 25.6 Å². The SMILES string of the molecule is CCC(CNC)n1cc(C(N)=O)c(Nc2ccccc2)n1. The summed E-state index contributed by atoms with van der Waals surface area (Å²) in [5, 5.41) is 10.8. The zero-order chi connectivity index (χ0) is 15.2. The number of primary amides is 1. The molecule has 2 aromatic rings. The van der Waals surface area contributed by atoms with E-state index in [0.29, 0.717) is 11.4 Å². The maximum atomic E-state index is 11.6. The molecular weight excluding hydrogens is 266 g/mol. The van der Waals surface area contributed by atoms with E-state index in [2.05, 4.69) is 22.7 Å².